The Hall–Kier alpha value is -1.56. The summed E-state index contributed by atoms with van der Waals surface area (Å²) in [5.74, 6) is 0.434. The summed E-state index contributed by atoms with van der Waals surface area (Å²) in [6.45, 7) is 23.2. The first-order valence-electron chi connectivity index (χ1n) is 10.5. The molecule has 0 aliphatic rings. The summed E-state index contributed by atoms with van der Waals surface area (Å²) in [4.78, 5) is 0. The van der Waals surface area contributed by atoms with Gasteiger partial charge in [-0.1, -0.05) is 112 Å². The normalized spacial score (nSPS) is 14.3. The Balaban J connectivity index is 2.72. The van der Waals surface area contributed by atoms with Crippen LogP contribution in [0.15, 0.2) is 42.5 Å². The molecule has 0 aliphatic heterocycles. The highest BCUT2D eigenvalue weighted by Gasteiger charge is 2.26. The molecule has 0 aliphatic carbocycles. The van der Waals surface area contributed by atoms with Crippen LogP contribution in [0.3, 0.4) is 0 Å². The summed E-state index contributed by atoms with van der Waals surface area (Å²) in [6, 6.07) is 16.4. The topological polar surface area (TPSA) is 0 Å². The molecule has 1 unspecified atom stereocenters. The minimum absolute atomic E-state index is 0.151. The monoisotopic (exact) mass is 364 g/mol. The summed E-state index contributed by atoms with van der Waals surface area (Å²) >= 11 is 0. The lowest BCUT2D eigenvalue weighted by molar-refractivity contribution is 0.561. The van der Waals surface area contributed by atoms with E-state index < -0.39 is 0 Å². The molecule has 0 bridgehead atoms. The summed E-state index contributed by atoms with van der Waals surface area (Å²) in [7, 11) is 0. The quantitative estimate of drug-likeness (QED) is 0.516. The fraction of sp³-hybridized carbons (Fsp3) is 0.556. The Morgan fingerprint density at radius 1 is 0.667 bits per heavy atom. The molecule has 2 rings (SSSR count). The lowest BCUT2D eigenvalue weighted by Gasteiger charge is -2.31. The maximum atomic E-state index is 2.46. The van der Waals surface area contributed by atoms with Crippen molar-refractivity contribution in [1.82, 2.24) is 0 Å². The fourth-order valence-electron chi connectivity index (χ4n) is 3.84. The predicted molar refractivity (Wildman–Crippen MR) is 121 cm³/mol. The zero-order chi connectivity index (χ0) is 20.6. The van der Waals surface area contributed by atoms with Crippen LogP contribution >= 0.6 is 0 Å². The minimum atomic E-state index is 0.151. The van der Waals surface area contributed by atoms with Gasteiger partial charge in [0.05, 0.1) is 0 Å². The van der Waals surface area contributed by atoms with E-state index in [1.54, 1.807) is 0 Å². The van der Waals surface area contributed by atoms with E-state index in [2.05, 4.69) is 112 Å². The van der Waals surface area contributed by atoms with Crippen molar-refractivity contribution in [2.24, 2.45) is 0 Å². The van der Waals surface area contributed by atoms with Crippen molar-refractivity contribution in [3.63, 3.8) is 0 Å². The van der Waals surface area contributed by atoms with E-state index in [9.17, 15) is 0 Å². The number of hydrogen-bond donors (Lipinski definition) is 0. The Kier molecular flexibility index (Phi) is 6.00. The minimum Gasteiger partial charge on any atom is -0.0645 e. The molecule has 2 aromatic carbocycles. The van der Waals surface area contributed by atoms with Crippen LogP contribution in [0.4, 0.5) is 0 Å². The van der Waals surface area contributed by atoms with Gasteiger partial charge in [0.1, 0.15) is 0 Å². The smallest absolute Gasteiger partial charge is 0.00898 e. The van der Waals surface area contributed by atoms with Crippen molar-refractivity contribution in [2.45, 2.75) is 97.8 Å². The molecule has 0 N–H and O–H groups in total. The molecule has 0 fully saturated rings. The van der Waals surface area contributed by atoms with Gasteiger partial charge >= 0.3 is 0 Å². The van der Waals surface area contributed by atoms with Crippen molar-refractivity contribution in [3.8, 4) is 0 Å². The molecular weight excluding hydrogens is 324 g/mol. The van der Waals surface area contributed by atoms with Crippen LogP contribution in [-0.4, -0.2) is 0 Å². The zero-order valence-corrected chi connectivity index (χ0v) is 19.3. The first kappa shape index (κ1) is 21.7. The summed E-state index contributed by atoms with van der Waals surface area (Å²) < 4.78 is 0. The van der Waals surface area contributed by atoms with Gasteiger partial charge in [0, 0.05) is 5.92 Å². The van der Waals surface area contributed by atoms with E-state index in [1.807, 2.05) is 0 Å². The molecule has 148 valence electrons. The van der Waals surface area contributed by atoms with E-state index >= 15 is 0 Å². The van der Waals surface area contributed by atoms with Crippen LogP contribution in [0, 0.1) is 0 Å². The van der Waals surface area contributed by atoms with Crippen LogP contribution in [0.1, 0.15) is 109 Å². The highest BCUT2D eigenvalue weighted by molar-refractivity contribution is 5.45. The average Bonchev–Trinajstić information content (AvgIpc) is 2.53. The molecule has 27 heavy (non-hydrogen) atoms. The molecule has 0 saturated heterocycles. The molecule has 0 heteroatoms. The second-order valence-electron chi connectivity index (χ2n) is 11.1. The molecule has 0 radical (unpaired) electrons. The Labute approximate surface area is 168 Å². The van der Waals surface area contributed by atoms with E-state index in [-0.39, 0.29) is 16.2 Å². The summed E-state index contributed by atoms with van der Waals surface area (Å²) in [6.07, 6.45) is 1.12. The molecule has 0 amide bonds. The van der Waals surface area contributed by atoms with Gasteiger partial charge in [-0.2, -0.15) is 0 Å². The molecule has 0 aromatic heterocycles. The van der Waals surface area contributed by atoms with Gasteiger partial charge < -0.3 is 0 Å². The first-order chi connectivity index (χ1) is 12.2. The molecule has 0 spiro atoms. The zero-order valence-electron chi connectivity index (χ0n) is 19.3. The maximum absolute atomic E-state index is 2.46. The third kappa shape index (κ3) is 5.03. The fourth-order valence-corrected chi connectivity index (χ4v) is 3.84. The third-order valence-electron chi connectivity index (χ3n) is 5.64. The van der Waals surface area contributed by atoms with Crippen LogP contribution in [-0.2, 0) is 16.2 Å². The highest BCUT2D eigenvalue weighted by atomic mass is 14.3. The second-order valence-corrected chi connectivity index (χ2v) is 11.1. The van der Waals surface area contributed by atoms with E-state index in [0.717, 1.165) is 6.42 Å². The van der Waals surface area contributed by atoms with Crippen molar-refractivity contribution in [3.05, 3.63) is 70.3 Å². The standard InChI is InChI=1S/C27H40/c1-11-22(23-14-12-13-15-24(23)27(8,9)10)19-16-20(25(2,3)4)18-21(17-19)26(5,6)7/h12-18,22H,11H2,1-10H3. The summed E-state index contributed by atoms with van der Waals surface area (Å²) in [5.41, 5.74) is 7.75. The number of rotatable bonds is 3. The van der Waals surface area contributed by atoms with Crippen molar-refractivity contribution in [1.29, 1.82) is 0 Å². The van der Waals surface area contributed by atoms with Gasteiger partial charge in [0.15, 0.2) is 0 Å². The lowest BCUT2D eigenvalue weighted by atomic mass is 9.74. The molecular formula is C27H40. The Morgan fingerprint density at radius 2 is 1.15 bits per heavy atom. The number of benzene rings is 2. The first-order valence-corrected chi connectivity index (χ1v) is 10.5. The molecule has 0 nitrogen and oxygen atoms in total. The summed E-state index contributed by atoms with van der Waals surface area (Å²) in [5, 5.41) is 0. The van der Waals surface area contributed by atoms with Gasteiger partial charge in [-0.05, 0) is 50.5 Å². The van der Waals surface area contributed by atoms with Gasteiger partial charge in [0.2, 0.25) is 0 Å². The largest absolute Gasteiger partial charge is 0.0645 e. The van der Waals surface area contributed by atoms with Gasteiger partial charge in [0.25, 0.3) is 0 Å². The van der Waals surface area contributed by atoms with Gasteiger partial charge in [-0.3, -0.25) is 0 Å². The Bertz CT molecular complexity index is 741. The van der Waals surface area contributed by atoms with Crippen LogP contribution in [0.2, 0.25) is 0 Å². The van der Waals surface area contributed by atoms with Crippen molar-refractivity contribution in [2.75, 3.05) is 0 Å². The van der Waals surface area contributed by atoms with E-state index in [1.165, 1.54) is 27.8 Å². The van der Waals surface area contributed by atoms with E-state index in [4.69, 9.17) is 0 Å². The van der Waals surface area contributed by atoms with Crippen molar-refractivity contribution >= 4 is 0 Å². The van der Waals surface area contributed by atoms with Crippen LogP contribution < -0.4 is 0 Å². The maximum Gasteiger partial charge on any atom is 0.00898 e. The average molecular weight is 365 g/mol. The predicted octanol–water partition coefficient (Wildman–Crippen LogP) is 8.12. The Morgan fingerprint density at radius 3 is 1.56 bits per heavy atom. The molecule has 2 aromatic rings. The highest BCUT2D eigenvalue weighted by Crippen LogP contribution is 2.39. The molecule has 0 heterocycles. The van der Waals surface area contributed by atoms with E-state index in [0.29, 0.717) is 5.92 Å². The lowest BCUT2D eigenvalue weighted by Crippen LogP contribution is -2.19. The molecule has 1 atom stereocenters. The SMILES string of the molecule is CCC(c1cc(C(C)(C)C)cc(C(C)(C)C)c1)c1ccccc1C(C)(C)C. The van der Waals surface area contributed by atoms with Gasteiger partial charge in [-0.25, -0.2) is 0 Å². The second kappa shape index (κ2) is 7.46. The third-order valence-corrected chi connectivity index (χ3v) is 5.64. The van der Waals surface area contributed by atoms with Crippen LogP contribution in [0.25, 0.3) is 0 Å². The number of hydrogen-bond acceptors (Lipinski definition) is 0. The van der Waals surface area contributed by atoms with Gasteiger partial charge in [-0.15, -0.1) is 0 Å². The molecule has 0 saturated carbocycles. The van der Waals surface area contributed by atoms with Crippen LogP contribution in [0.5, 0.6) is 0 Å². The van der Waals surface area contributed by atoms with Crippen molar-refractivity contribution < 1.29 is 0 Å².